The highest BCUT2D eigenvalue weighted by Crippen LogP contribution is 2.19. The average Bonchev–Trinajstić information content (AvgIpc) is 2.41. The Balaban J connectivity index is 2.17. The van der Waals surface area contributed by atoms with Crippen LogP contribution in [0.15, 0.2) is 47.1 Å². The van der Waals surface area contributed by atoms with Crippen LogP contribution in [0.5, 0.6) is 0 Å². The topological polar surface area (TPSA) is 33.2 Å². The normalized spacial score (nSPS) is 10.3. The Morgan fingerprint density at radius 2 is 2.05 bits per heavy atom. The number of carbonyl (C=O) groups is 1. The van der Waals surface area contributed by atoms with Crippen LogP contribution in [-0.4, -0.2) is 22.8 Å². The van der Waals surface area contributed by atoms with E-state index in [9.17, 15) is 4.79 Å². The zero-order chi connectivity index (χ0) is 13.8. The molecule has 98 valence electrons. The van der Waals surface area contributed by atoms with Gasteiger partial charge in [0.15, 0.2) is 0 Å². The molecule has 0 bridgehead atoms. The number of nitrogens with zero attached hydrogens (tertiary/aromatic N) is 2. The Kier molecular flexibility index (Phi) is 4.56. The molecule has 0 aliphatic carbocycles. The summed E-state index contributed by atoms with van der Waals surface area (Å²) < 4.78 is 0.979. The molecular formula is C14H12BrClN2O. The Morgan fingerprint density at radius 1 is 1.32 bits per heavy atom. The van der Waals surface area contributed by atoms with Gasteiger partial charge in [0.2, 0.25) is 0 Å². The highest BCUT2D eigenvalue weighted by atomic mass is 79.9. The van der Waals surface area contributed by atoms with Gasteiger partial charge in [-0.15, -0.1) is 0 Å². The monoisotopic (exact) mass is 338 g/mol. The number of benzene rings is 1. The number of hydrogen-bond acceptors (Lipinski definition) is 2. The minimum atomic E-state index is -0.145. The van der Waals surface area contributed by atoms with Crippen molar-refractivity contribution in [3.05, 3.63) is 63.3 Å². The SMILES string of the molecule is CN(Cc1ccccc1Br)C(=O)c1cccnc1Cl. The zero-order valence-electron chi connectivity index (χ0n) is 10.3. The van der Waals surface area contributed by atoms with E-state index in [1.54, 1.807) is 30.3 Å². The van der Waals surface area contributed by atoms with E-state index in [1.807, 2.05) is 24.3 Å². The summed E-state index contributed by atoms with van der Waals surface area (Å²) in [7, 11) is 1.74. The number of halogens is 2. The fraction of sp³-hybridized carbons (Fsp3) is 0.143. The van der Waals surface area contributed by atoms with E-state index in [0.717, 1.165) is 10.0 Å². The molecule has 1 heterocycles. The van der Waals surface area contributed by atoms with Crippen LogP contribution in [0.4, 0.5) is 0 Å². The van der Waals surface area contributed by atoms with Crippen molar-refractivity contribution in [2.24, 2.45) is 0 Å². The molecule has 5 heteroatoms. The van der Waals surface area contributed by atoms with Gasteiger partial charge in [0, 0.05) is 24.3 Å². The first-order valence-electron chi connectivity index (χ1n) is 5.69. The Bertz CT molecular complexity index is 604. The standard InChI is InChI=1S/C14H12BrClN2O/c1-18(9-10-5-2-3-7-12(10)15)14(19)11-6-4-8-17-13(11)16/h2-8H,9H2,1H3. The lowest BCUT2D eigenvalue weighted by Gasteiger charge is -2.18. The van der Waals surface area contributed by atoms with Crippen molar-refractivity contribution in [3.8, 4) is 0 Å². The lowest BCUT2D eigenvalue weighted by atomic mass is 10.2. The van der Waals surface area contributed by atoms with Crippen LogP contribution in [0, 0.1) is 0 Å². The van der Waals surface area contributed by atoms with Crippen LogP contribution >= 0.6 is 27.5 Å². The predicted octanol–water partition coefficient (Wildman–Crippen LogP) is 3.77. The van der Waals surface area contributed by atoms with Crippen LogP contribution in [0.3, 0.4) is 0 Å². The lowest BCUT2D eigenvalue weighted by Crippen LogP contribution is -2.26. The smallest absolute Gasteiger partial charge is 0.257 e. The molecule has 19 heavy (non-hydrogen) atoms. The minimum absolute atomic E-state index is 0.145. The average molecular weight is 340 g/mol. The Labute approximate surface area is 125 Å². The van der Waals surface area contributed by atoms with Crippen LogP contribution in [-0.2, 0) is 6.54 Å². The van der Waals surface area contributed by atoms with E-state index in [4.69, 9.17) is 11.6 Å². The molecular weight excluding hydrogens is 328 g/mol. The van der Waals surface area contributed by atoms with Gasteiger partial charge < -0.3 is 4.90 Å². The molecule has 3 nitrogen and oxygen atoms in total. The number of rotatable bonds is 3. The van der Waals surface area contributed by atoms with Gasteiger partial charge in [0.05, 0.1) is 5.56 Å². The third-order valence-electron chi connectivity index (χ3n) is 2.70. The molecule has 0 aliphatic heterocycles. The molecule has 0 spiro atoms. The lowest BCUT2D eigenvalue weighted by molar-refractivity contribution is 0.0784. The van der Waals surface area contributed by atoms with Crippen LogP contribution in [0.25, 0.3) is 0 Å². The second-order valence-electron chi connectivity index (χ2n) is 4.09. The van der Waals surface area contributed by atoms with E-state index in [2.05, 4.69) is 20.9 Å². The van der Waals surface area contributed by atoms with E-state index in [-0.39, 0.29) is 11.1 Å². The summed E-state index contributed by atoms with van der Waals surface area (Å²) in [6.07, 6.45) is 1.56. The molecule has 0 aliphatic rings. The molecule has 0 fully saturated rings. The summed E-state index contributed by atoms with van der Waals surface area (Å²) in [6, 6.07) is 11.2. The third kappa shape index (κ3) is 3.33. The summed E-state index contributed by atoms with van der Waals surface area (Å²) in [5.74, 6) is -0.145. The van der Waals surface area contributed by atoms with Crippen molar-refractivity contribution in [1.29, 1.82) is 0 Å². The summed E-state index contributed by atoms with van der Waals surface area (Å²) in [6.45, 7) is 0.505. The molecule has 0 N–H and O–H groups in total. The Morgan fingerprint density at radius 3 is 2.74 bits per heavy atom. The number of amides is 1. The first kappa shape index (κ1) is 14.0. The number of carbonyl (C=O) groups excluding carboxylic acids is 1. The van der Waals surface area contributed by atoms with Gasteiger partial charge in [-0.1, -0.05) is 45.7 Å². The first-order valence-corrected chi connectivity index (χ1v) is 6.86. The molecule has 1 amide bonds. The molecule has 0 atom stereocenters. The van der Waals surface area contributed by atoms with Gasteiger partial charge >= 0.3 is 0 Å². The minimum Gasteiger partial charge on any atom is -0.337 e. The maximum absolute atomic E-state index is 12.3. The van der Waals surface area contributed by atoms with Crippen LogP contribution < -0.4 is 0 Å². The molecule has 0 saturated heterocycles. The summed E-state index contributed by atoms with van der Waals surface area (Å²) in [5.41, 5.74) is 1.46. The maximum atomic E-state index is 12.3. The van der Waals surface area contributed by atoms with E-state index in [0.29, 0.717) is 12.1 Å². The van der Waals surface area contributed by atoms with Gasteiger partial charge in [-0.05, 0) is 23.8 Å². The second kappa shape index (κ2) is 6.17. The third-order valence-corrected chi connectivity index (χ3v) is 3.78. The molecule has 2 aromatic rings. The summed E-state index contributed by atoms with van der Waals surface area (Å²) in [5, 5.41) is 0.228. The maximum Gasteiger partial charge on any atom is 0.257 e. The highest BCUT2D eigenvalue weighted by molar-refractivity contribution is 9.10. The molecule has 0 saturated carbocycles. The van der Waals surface area contributed by atoms with Gasteiger partial charge in [-0.2, -0.15) is 0 Å². The summed E-state index contributed by atoms with van der Waals surface area (Å²) >= 11 is 9.40. The van der Waals surface area contributed by atoms with Crippen molar-refractivity contribution < 1.29 is 4.79 Å². The van der Waals surface area contributed by atoms with Crippen molar-refractivity contribution in [3.63, 3.8) is 0 Å². The summed E-state index contributed by atoms with van der Waals surface area (Å²) in [4.78, 5) is 17.8. The largest absolute Gasteiger partial charge is 0.337 e. The van der Waals surface area contributed by atoms with Gasteiger partial charge in [-0.25, -0.2) is 4.98 Å². The van der Waals surface area contributed by atoms with E-state index in [1.165, 1.54) is 0 Å². The number of aromatic nitrogens is 1. The van der Waals surface area contributed by atoms with Crippen LogP contribution in [0.2, 0.25) is 5.15 Å². The van der Waals surface area contributed by atoms with Crippen LogP contribution in [0.1, 0.15) is 15.9 Å². The first-order chi connectivity index (χ1) is 9.09. The molecule has 1 aromatic heterocycles. The highest BCUT2D eigenvalue weighted by Gasteiger charge is 2.16. The van der Waals surface area contributed by atoms with Crippen molar-refractivity contribution >= 4 is 33.4 Å². The second-order valence-corrected chi connectivity index (χ2v) is 5.31. The molecule has 2 rings (SSSR count). The van der Waals surface area contributed by atoms with Gasteiger partial charge in [0.25, 0.3) is 5.91 Å². The van der Waals surface area contributed by atoms with Crippen molar-refractivity contribution in [1.82, 2.24) is 9.88 Å². The number of pyridine rings is 1. The van der Waals surface area contributed by atoms with E-state index < -0.39 is 0 Å². The molecule has 0 unspecified atom stereocenters. The van der Waals surface area contributed by atoms with E-state index >= 15 is 0 Å². The predicted molar refractivity (Wildman–Crippen MR) is 79.2 cm³/mol. The Hall–Kier alpha value is -1.39. The molecule has 1 aromatic carbocycles. The molecule has 0 radical (unpaired) electrons. The fourth-order valence-corrected chi connectivity index (χ4v) is 2.32. The van der Waals surface area contributed by atoms with Gasteiger partial charge in [-0.3, -0.25) is 4.79 Å². The quantitative estimate of drug-likeness (QED) is 0.798. The zero-order valence-corrected chi connectivity index (χ0v) is 12.6. The van der Waals surface area contributed by atoms with Gasteiger partial charge in [0.1, 0.15) is 5.15 Å². The number of hydrogen-bond donors (Lipinski definition) is 0. The van der Waals surface area contributed by atoms with Crippen molar-refractivity contribution in [2.45, 2.75) is 6.54 Å². The fourth-order valence-electron chi connectivity index (χ4n) is 1.71. The van der Waals surface area contributed by atoms with Crippen molar-refractivity contribution in [2.75, 3.05) is 7.05 Å².